The first kappa shape index (κ1) is 13.2. The van der Waals surface area contributed by atoms with E-state index in [1.807, 2.05) is 24.4 Å². The van der Waals surface area contributed by atoms with Crippen LogP contribution in [-0.4, -0.2) is 21.4 Å². The number of benzene rings is 1. The SMILES string of the molecule is CCc1nccc(CN2CC[C@H]2c2ccc(F)cc2)n1. The molecule has 1 aliphatic rings. The third-order valence-electron chi connectivity index (χ3n) is 3.83. The van der Waals surface area contributed by atoms with Crippen molar-refractivity contribution in [1.82, 2.24) is 14.9 Å². The molecule has 4 heteroatoms. The average molecular weight is 271 g/mol. The zero-order valence-corrected chi connectivity index (χ0v) is 11.6. The van der Waals surface area contributed by atoms with Gasteiger partial charge in [0.05, 0.1) is 5.69 Å². The molecule has 3 rings (SSSR count). The van der Waals surface area contributed by atoms with Gasteiger partial charge in [-0.1, -0.05) is 19.1 Å². The molecule has 0 amide bonds. The Morgan fingerprint density at radius 3 is 2.70 bits per heavy atom. The molecule has 2 aromatic rings. The second-order valence-corrected chi connectivity index (χ2v) is 5.14. The molecule has 20 heavy (non-hydrogen) atoms. The highest BCUT2D eigenvalue weighted by Gasteiger charge is 2.29. The van der Waals surface area contributed by atoms with Crippen molar-refractivity contribution in [2.24, 2.45) is 0 Å². The van der Waals surface area contributed by atoms with Crippen LogP contribution in [0.15, 0.2) is 36.5 Å². The molecule has 0 aliphatic carbocycles. The molecule has 1 fully saturated rings. The molecule has 1 aromatic heterocycles. The highest BCUT2D eigenvalue weighted by molar-refractivity contribution is 5.22. The molecule has 1 aromatic carbocycles. The number of nitrogens with zero attached hydrogens (tertiary/aromatic N) is 3. The Morgan fingerprint density at radius 1 is 1.25 bits per heavy atom. The number of aromatic nitrogens is 2. The smallest absolute Gasteiger partial charge is 0.128 e. The van der Waals surface area contributed by atoms with E-state index in [4.69, 9.17) is 0 Å². The molecule has 0 radical (unpaired) electrons. The maximum atomic E-state index is 13.0. The summed E-state index contributed by atoms with van der Waals surface area (Å²) in [5.74, 6) is 0.712. The summed E-state index contributed by atoms with van der Waals surface area (Å²) in [6.45, 7) is 3.95. The molecule has 1 saturated heterocycles. The summed E-state index contributed by atoms with van der Waals surface area (Å²) in [7, 11) is 0. The average Bonchev–Trinajstić information content (AvgIpc) is 2.46. The predicted octanol–water partition coefficient (Wildman–Crippen LogP) is 3.13. The molecule has 2 heterocycles. The molecule has 0 N–H and O–H groups in total. The fourth-order valence-corrected chi connectivity index (χ4v) is 2.60. The van der Waals surface area contributed by atoms with E-state index in [0.717, 1.165) is 37.4 Å². The van der Waals surface area contributed by atoms with Gasteiger partial charge in [0, 0.05) is 31.7 Å². The number of likely N-dealkylation sites (tertiary alicyclic amines) is 1. The number of rotatable bonds is 4. The monoisotopic (exact) mass is 271 g/mol. The van der Waals surface area contributed by atoms with Crippen LogP contribution in [0, 0.1) is 5.82 Å². The maximum Gasteiger partial charge on any atom is 0.128 e. The fraction of sp³-hybridized carbons (Fsp3) is 0.375. The number of hydrogen-bond acceptors (Lipinski definition) is 3. The Labute approximate surface area is 118 Å². The standard InChI is InChI=1S/C16H18FN3/c1-2-16-18-9-7-14(19-16)11-20-10-8-15(20)12-3-5-13(17)6-4-12/h3-7,9,15H,2,8,10-11H2,1H3/t15-/m0/s1. The van der Waals surface area contributed by atoms with Gasteiger partial charge in [-0.15, -0.1) is 0 Å². The largest absolute Gasteiger partial charge is 0.290 e. The minimum absolute atomic E-state index is 0.178. The van der Waals surface area contributed by atoms with Gasteiger partial charge in [0.1, 0.15) is 11.6 Å². The van der Waals surface area contributed by atoms with E-state index < -0.39 is 0 Å². The van der Waals surface area contributed by atoms with Gasteiger partial charge in [-0.2, -0.15) is 0 Å². The summed E-state index contributed by atoms with van der Waals surface area (Å²) in [5, 5.41) is 0. The zero-order valence-electron chi connectivity index (χ0n) is 11.6. The lowest BCUT2D eigenvalue weighted by molar-refractivity contribution is 0.0802. The van der Waals surface area contributed by atoms with Crippen molar-refractivity contribution >= 4 is 0 Å². The van der Waals surface area contributed by atoms with Crippen LogP contribution in [0.25, 0.3) is 0 Å². The lowest BCUT2D eigenvalue weighted by atomic mass is 9.94. The van der Waals surface area contributed by atoms with E-state index in [1.54, 1.807) is 0 Å². The van der Waals surface area contributed by atoms with E-state index in [9.17, 15) is 4.39 Å². The molecule has 0 saturated carbocycles. The quantitative estimate of drug-likeness (QED) is 0.855. The lowest BCUT2D eigenvalue weighted by Crippen LogP contribution is -2.40. The number of halogens is 1. The van der Waals surface area contributed by atoms with Crippen LogP contribution in [0.3, 0.4) is 0 Å². The lowest BCUT2D eigenvalue weighted by Gasteiger charge is -2.41. The van der Waals surface area contributed by atoms with Crippen LogP contribution in [-0.2, 0) is 13.0 Å². The van der Waals surface area contributed by atoms with Crippen LogP contribution in [0.1, 0.15) is 36.5 Å². The number of aryl methyl sites for hydroxylation is 1. The van der Waals surface area contributed by atoms with Crippen LogP contribution in [0.2, 0.25) is 0 Å². The summed E-state index contributed by atoms with van der Waals surface area (Å²) in [6, 6.07) is 9.18. The molecule has 3 nitrogen and oxygen atoms in total. The van der Waals surface area contributed by atoms with Gasteiger partial charge in [0.15, 0.2) is 0 Å². The molecule has 0 spiro atoms. The highest BCUT2D eigenvalue weighted by atomic mass is 19.1. The van der Waals surface area contributed by atoms with E-state index in [0.29, 0.717) is 6.04 Å². The van der Waals surface area contributed by atoms with Gasteiger partial charge in [-0.3, -0.25) is 4.90 Å². The van der Waals surface area contributed by atoms with E-state index >= 15 is 0 Å². The summed E-state index contributed by atoms with van der Waals surface area (Å²) in [4.78, 5) is 11.1. The second kappa shape index (κ2) is 5.67. The summed E-state index contributed by atoms with van der Waals surface area (Å²) < 4.78 is 13.0. The van der Waals surface area contributed by atoms with Gasteiger partial charge in [-0.25, -0.2) is 14.4 Å². The summed E-state index contributed by atoms with van der Waals surface area (Å²) in [6.07, 6.45) is 3.81. The van der Waals surface area contributed by atoms with E-state index in [2.05, 4.69) is 21.8 Å². The van der Waals surface area contributed by atoms with Crippen molar-refractivity contribution in [3.05, 3.63) is 59.4 Å². The van der Waals surface area contributed by atoms with Crippen molar-refractivity contribution in [1.29, 1.82) is 0 Å². The summed E-state index contributed by atoms with van der Waals surface area (Å²) >= 11 is 0. The van der Waals surface area contributed by atoms with E-state index in [1.165, 1.54) is 17.7 Å². The first-order chi connectivity index (χ1) is 9.76. The van der Waals surface area contributed by atoms with Crippen LogP contribution < -0.4 is 0 Å². The van der Waals surface area contributed by atoms with Gasteiger partial charge in [0.25, 0.3) is 0 Å². The van der Waals surface area contributed by atoms with E-state index in [-0.39, 0.29) is 5.82 Å². The minimum Gasteiger partial charge on any atom is -0.290 e. The van der Waals surface area contributed by atoms with Crippen molar-refractivity contribution in [3.8, 4) is 0 Å². The van der Waals surface area contributed by atoms with Crippen LogP contribution >= 0.6 is 0 Å². The molecule has 1 aliphatic heterocycles. The van der Waals surface area contributed by atoms with Gasteiger partial charge >= 0.3 is 0 Å². The maximum absolute atomic E-state index is 13.0. The minimum atomic E-state index is -0.178. The molecule has 0 bridgehead atoms. The van der Waals surface area contributed by atoms with Crippen molar-refractivity contribution in [3.63, 3.8) is 0 Å². The van der Waals surface area contributed by atoms with Crippen molar-refractivity contribution < 1.29 is 4.39 Å². The Kier molecular flexibility index (Phi) is 3.74. The molecular weight excluding hydrogens is 253 g/mol. The third kappa shape index (κ3) is 2.70. The van der Waals surface area contributed by atoms with Gasteiger partial charge in [0.2, 0.25) is 0 Å². The van der Waals surface area contributed by atoms with Gasteiger partial charge in [-0.05, 0) is 30.2 Å². The molecule has 1 atom stereocenters. The second-order valence-electron chi connectivity index (χ2n) is 5.14. The number of hydrogen-bond donors (Lipinski definition) is 0. The predicted molar refractivity (Wildman–Crippen MR) is 75.6 cm³/mol. The Hall–Kier alpha value is -1.81. The first-order valence-corrected chi connectivity index (χ1v) is 7.06. The van der Waals surface area contributed by atoms with Gasteiger partial charge < -0.3 is 0 Å². The third-order valence-corrected chi connectivity index (χ3v) is 3.83. The Morgan fingerprint density at radius 2 is 2.05 bits per heavy atom. The Balaban J connectivity index is 1.70. The molecular formula is C16H18FN3. The van der Waals surface area contributed by atoms with Crippen LogP contribution in [0.5, 0.6) is 0 Å². The zero-order chi connectivity index (χ0) is 13.9. The summed E-state index contributed by atoms with van der Waals surface area (Å²) in [5.41, 5.74) is 2.24. The molecule has 104 valence electrons. The highest BCUT2D eigenvalue weighted by Crippen LogP contribution is 2.34. The Bertz CT molecular complexity index is 583. The van der Waals surface area contributed by atoms with Crippen LogP contribution in [0.4, 0.5) is 4.39 Å². The van der Waals surface area contributed by atoms with Crippen molar-refractivity contribution in [2.45, 2.75) is 32.4 Å². The first-order valence-electron chi connectivity index (χ1n) is 7.06. The normalized spacial score (nSPS) is 18.8. The molecule has 0 unspecified atom stereocenters. The topological polar surface area (TPSA) is 29.0 Å². The fourth-order valence-electron chi connectivity index (χ4n) is 2.60. The van der Waals surface area contributed by atoms with Crippen molar-refractivity contribution in [2.75, 3.05) is 6.54 Å².